The first kappa shape index (κ1) is 28.2. The minimum absolute atomic E-state index is 0.157. The van der Waals surface area contributed by atoms with Crippen molar-refractivity contribution in [3.8, 4) is 11.5 Å². The zero-order valence-electron chi connectivity index (χ0n) is 22.3. The molecule has 2 aromatic carbocycles. The Morgan fingerprint density at radius 3 is 2.54 bits per heavy atom. The number of nitro benzene ring substituents is 1. The zero-order chi connectivity index (χ0) is 28.3. The van der Waals surface area contributed by atoms with Crippen molar-refractivity contribution in [1.82, 2.24) is 5.32 Å². The summed E-state index contributed by atoms with van der Waals surface area (Å²) in [5, 5.41) is 15.1. The molecular formula is C29H31ClN2O7. The normalized spacial score (nSPS) is 18.8. The number of non-ortho nitro benzene ring substituents is 1. The Hall–Kier alpha value is -3.85. The molecule has 1 N–H and O–H groups in total. The topological polar surface area (TPSA) is 117 Å². The van der Waals surface area contributed by atoms with Gasteiger partial charge < -0.3 is 19.5 Å². The van der Waals surface area contributed by atoms with Gasteiger partial charge in [-0.05, 0) is 55.0 Å². The van der Waals surface area contributed by atoms with Crippen LogP contribution in [0.15, 0.2) is 58.9 Å². The van der Waals surface area contributed by atoms with Crippen molar-refractivity contribution < 1.29 is 28.7 Å². The lowest BCUT2D eigenvalue weighted by Gasteiger charge is -2.37. The first-order valence-corrected chi connectivity index (χ1v) is 13.1. The van der Waals surface area contributed by atoms with E-state index in [2.05, 4.69) is 5.32 Å². The van der Waals surface area contributed by atoms with Crippen LogP contribution in [0.5, 0.6) is 11.5 Å². The predicted molar refractivity (Wildman–Crippen MR) is 146 cm³/mol. The standard InChI is InChI=1S/C29H31ClN2O7/c1-5-6-11-39-29(34)26-16(2)31-22-12-18(17-7-10-24(37-3)25(14-17)38-4)13-23(33)28(22)27(26)20-15-19(32(35)36)8-9-21(20)30/h7-10,14-15,18,27,31H,5-6,11-13H2,1-4H3/t18-,27-/m1/s1. The molecule has 39 heavy (non-hydrogen) atoms. The number of halogens is 1. The van der Waals surface area contributed by atoms with Gasteiger partial charge in [0, 0.05) is 46.5 Å². The van der Waals surface area contributed by atoms with E-state index in [9.17, 15) is 19.7 Å². The van der Waals surface area contributed by atoms with Crippen LogP contribution in [0.1, 0.15) is 62.5 Å². The number of esters is 1. The smallest absolute Gasteiger partial charge is 0.336 e. The number of Topliss-reactive ketones (excluding diaryl/α,β-unsaturated/α-hetero) is 1. The molecule has 2 atom stereocenters. The van der Waals surface area contributed by atoms with Gasteiger partial charge in [0.05, 0.1) is 31.3 Å². The number of benzene rings is 2. The van der Waals surface area contributed by atoms with Crippen LogP contribution in [0, 0.1) is 10.1 Å². The number of nitrogens with one attached hydrogen (secondary N) is 1. The molecule has 0 saturated heterocycles. The van der Waals surface area contributed by atoms with E-state index in [-0.39, 0.29) is 41.0 Å². The highest BCUT2D eigenvalue weighted by atomic mass is 35.5. The van der Waals surface area contributed by atoms with Crippen molar-refractivity contribution in [2.75, 3.05) is 20.8 Å². The lowest BCUT2D eigenvalue weighted by atomic mass is 9.71. The van der Waals surface area contributed by atoms with E-state index in [0.29, 0.717) is 46.9 Å². The van der Waals surface area contributed by atoms with Crippen molar-refractivity contribution >= 4 is 29.0 Å². The lowest BCUT2D eigenvalue weighted by molar-refractivity contribution is -0.384. The Balaban J connectivity index is 1.81. The van der Waals surface area contributed by atoms with Crippen LogP contribution < -0.4 is 14.8 Å². The molecule has 10 heteroatoms. The zero-order valence-corrected chi connectivity index (χ0v) is 23.1. The number of allylic oxidation sites excluding steroid dienone is 3. The third kappa shape index (κ3) is 5.63. The number of ketones is 1. The van der Waals surface area contributed by atoms with Crippen LogP contribution in [0.2, 0.25) is 5.02 Å². The van der Waals surface area contributed by atoms with Crippen molar-refractivity contribution in [2.45, 2.75) is 51.4 Å². The number of unbranched alkanes of at least 4 members (excludes halogenated alkanes) is 1. The first-order valence-electron chi connectivity index (χ1n) is 12.8. The van der Waals surface area contributed by atoms with Gasteiger partial charge in [0.25, 0.3) is 5.69 Å². The monoisotopic (exact) mass is 554 g/mol. The molecule has 4 rings (SSSR count). The third-order valence-corrected chi connectivity index (χ3v) is 7.50. The number of methoxy groups -OCH3 is 2. The molecule has 0 fully saturated rings. The van der Waals surface area contributed by atoms with E-state index in [1.807, 2.05) is 19.1 Å². The van der Waals surface area contributed by atoms with Gasteiger partial charge in [-0.3, -0.25) is 14.9 Å². The number of rotatable bonds is 9. The Kier molecular flexibility index (Phi) is 8.60. The van der Waals surface area contributed by atoms with Crippen LogP contribution in [0.25, 0.3) is 0 Å². The number of nitrogens with zero attached hydrogens (tertiary/aromatic N) is 1. The van der Waals surface area contributed by atoms with E-state index in [1.165, 1.54) is 18.2 Å². The van der Waals surface area contributed by atoms with E-state index in [1.54, 1.807) is 27.2 Å². The number of carbonyl (C=O) groups excluding carboxylic acids is 2. The Morgan fingerprint density at radius 2 is 1.87 bits per heavy atom. The molecular weight excluding hydrogens is 524 g/mol. The number of hydrogen-bond acceptors (Lipinski definition) is 8. The second kappa shape index (κ2) is 11.9. The number of dihydropyridines is 1. The number of ether oxygens (including phenoxy) is 3. The summed E-state index contributed by atoms with van der Waals surface area (Å²) in [6, 6.07) is 9.63. The highest BCUT2D eigenvalue weighted by Crippen LogP contribution is 2.48. The van der Waals surface area contributed by atoms with Gasteiger partial charge in [-0.25, -0.2) is 4.79 Å². The molecule has 1 heterocycles. The maximum Gasteiger partial charge on any atom is 0.336 e. The van der Waals surface area contributed by atoms with Crippen LogP contribution in [0.3, 0.4) is 0 Å². The molecule has 2 aliphatic rings. The summed E-state index contributed by atoms with van der Waals surface area (Å²) in [5.41, 5.74) is 2.82. The summed E-state index contributed by atoms with van der Waals surface area (Å²) < 4.78 is 16.3. The summed E-state index contributed by atoms with van der Waals surface area (Å²) in [4.78, 5) is 38.2. The van der Waals surface area contributed by atoms with E-state index >= 15 is 0 Å². The van der Waals surface area contributed by atoms with Gasteiger partial charge in [0.1, 0.15) is 0 Å². The Morgan fingerprint density at radius 1 is 1.13 bits per heavy atom. The molecule has 0 saturated carbocycles. The molecule has 1 aliphatic heterocycles. The number of carbonyl (C=O) groups is 2. The summed E-state index contributed by atoms with van der Waals surface area (Å²) in [6.07, 6.45) is 2.19. The highest BCUT2D eigenvalue weighted by molar-refractivity contribution is 6.31. The van der Waals surface area contributed by atoms with Crippen molar-refractivity contribution in [3.05, 3.63) is 85.2 Å². The molecule has 0 unspecified atom stereocenters. The van der Waals surface area contributed by atoms with Gasteiger partial charge in [0.2, 0.25) is 0 Å². The minimum atomic E-state index is -0.901. The van der Waals surface area contributed by atoms with Gasteiger partial charge in [-0.15, -0.1) is 0 Å². The fraction of sp³-hybridized carbons (Fsp3) is 0.379. The molecule has 0 bridgehead atoms. The molecule has 0 amide bonds. The second-order valence-electron chi connectivity index (χ2n) is 9.58. The molecule has 206 valence electrons. The van der Waals surface area contributed by atoms with Gasteiger partial charge in [-0.1, -0.05) is 31.0 Å². The van der Waals surface area contributed by atoms with Crippen LogP contribution >= 0.6 is 11.6 Å². The summed E-state index contributed by atoms with van der Waals surface area (Å²) in [6.45, 7) is 3.95. The maximum atomic E-state index is 13.8. The average molecular weight is 555 g/mol. The fourth-order valence-electron chi connectivity index (χ4n) is 5.22. The SMILES string of the molecule is CCCCOC(=O)C1=C(C)NC2=C(C(=O)C[C@H](c3ccc(OC)c(OC)c3)C2)[C@@H]1c1cc([N+](=O)[O-])ccc1Cl. The van der Waals surface area contributed by atoms with Gasteiger partial charge in [-0.2, -0.15) is 0 Å². The van der Waals surface area contributed by atoms with E-state index in [4.69, 9.17) is 25.8 Å². The second-order valence-corrected chi connectivity index (χ2v) is 9.99. The maximum absolute atomic E-state index is 13.8. The summed E-state index contributed by atoms with van der Waals surface area (Å²) >= 11 is 6.57. The Labute approximate surface area is 231 Å². The van der Waals surface area contributed by atoms with Crippen molar-refractivity contribution in [3.63, 3.8) is 0 Å². The first-order chi connectivity index (χ1) is 18.7. The largest absolute Gasteiger partial charge is 0.493 e. The van der Waals surface area contributed by atoms with Crippen molar-refractivity contribution in [2.24, 2.45) is 0 Å². The Bertz CT molecular complexity index is 1380. The average Bonchev–Trinajstić information content (AvgIpc) is 2.91. The van der Waals surface area contributed by atoms with E-state index in [0.717, 1.165) is 12.0 Å². The fourth-order valence-corrected chi connectivity index (χ4v) is 5.44. The molecule has 0 radical (unpaired) electrons. The van der Waals surface area contributed by atoms with Crippen LogP contribution in [-0.2, 0) is 14.3 Å². The number of nitro groups is 1. The molecule has 1 aliphatic carbocycles. The third-order valence-electron chi connectivity index (χ3n) is 7.16. The molecule has 0 spiro atoms. The van der Waals surface area contributed by atoms with Gasteiger partial charge >= 0.3 is 5.97 Å². The molecule has 0 aromatic heterocycles. The van der Waals surface area contributed by atoms with E-state index < -0.39 is 16.8 Å². The van der Waals surface area contributed by atoms with Gasteiger partial charge in [0.15, 0.2) is 17.3 Å². The van der Waals surface area contributed by atoms with Crippen LogP contribution in [0.4, 0.5) is 5.69 Å². The number of hydrogen-bond donors (Lipinski definition) is 1. The summed E-state index contributed by atoms with van der Waals surface area (Å²) in [5.74, 6) is -0.667. The lowest BCUT2D eigenvalue weighted by Crippen LogP contribution is -2.36. The highest BCUT2D eigenvalue weighted by Gasteiger charge is 2.42. The molecule has 2 aromatic rings. The summed E-state index contributed by atoms with van der Waals surface area (Å²) in [7, 11) is 3.11. The van der Waals surface area contributed by atoms with Crippen LogP contribution in [-0.4, -0.2) is 37.5 Å². The molecule has 9 nitrogen and oxygen atoms in total. The minimum Gasteiger partial charge on any atom is -0.493 e. The quantitative estimate of drug-likeness (QED) is 0.174. The predicted octanol–water partition coefficient (Wildman–Crippen LogP) is 5.97. The van der Waals surface area contributed by atoms with Crippen molar-refractivity contribution in [1.29, 1.82) is 0 Å².